The van der Waals surface area contributed by atoms with Crippen LogP contribution in [0.4, 0.5) is 21.0 Å². The number of fused-ring (bicyclic) bond motifs is 1. The van der Waals surface area contributed by atoms with E-state index in [1.807, 2.05) is 23.1 Å². The number of nitrogens with zero attached hydrogens (tertiary/aromatic N) is 2. The van der Waals surface area contributed by atoms with Gasteiger partial charge in [-0.05, 0) is 55.9 Å². The van der Waals surface area contributed by atoms with E-state index in [-0.39, 0.29) is 18.2 Å². The van der Waals surface area contributed by atoms with Gasteiger partial charge in [0.25, 0.3) is 0 Å². The number of piperidine rings is 1. The average molecular weight is 375 g/mol. The number of aryl methyl sites for hydroxylation is 1. The Kier molecular flexibility index (Phi) is 6.55. The molecule has 0 aliphatic carbocycles. The second kappa shape index (κ2) is 9.08. The number of rotatable bonds is 4. The van der Waals surface area contributed by atoms with Gasteiger partial charge in [-0.15, -0.1) is 0 Å². The summed E-state index contributed by atoms with van der Waals surface area (Å²) in [5.74, 6) is 0. The molecule has 0 bridgehead atoms. The van der Waals surface area contributed by atoms with E-state index >= 15 is 0 Å². The zero-order chi connectivity index (χ0) is 19.2. The van der Waals surface area contributed by atoms with Crippen molar-refractivity contribution in [3.63, 3.8) is 0 Å². The van der Waals surface area contributed by atoms with Crippen molar-refractivity contribution in [2.75, 3.05) is 43.6 Å². The van der Waals surface area contributed by atoms with Gasteiger partial charge in [-0.2, -0.15) is 0 Å². The number of likely N-dealkylation sites (tertiary alicyclic amines) is 1. The lowest BCUT2D eigenvalue weighted by Crippen LogP contribution is -2.45. The number of nitrogens with one attached hydrogen (secondary N) is 1. The number of hydrogen-bond acceptors (Lipinski definition) is 4. The Balaban J connectivity index is 1.64. The summed E-state index contributed by atoms with van der Waals surface area (Å²) < 4.78 is 10.7. The predicted octanol–water partition coefficient (Wildman–Crippen LogP) is 3.63. The first-order valence-electron chi connectivity index (χ1n) is 9.78. The van der Waals surface area contributed by atoms with E-state index in [0.29, 0.717) is 13.1 Å². The number of benzene rings is 1. The molecule has 2 aliphatic rings. The van der Waals surface area contributed by atoms with Gasteiger partial charge in [0, 0.05) is 31.9 Å². The van der Waals surface area contributed by atoms with Crippen molar-refractivity contribution < 1.29 is 19.1 Å². The number of hydrogen-bond donors (Lipinski definition) is 1. The molecule has 27 heavy (non-hydrogen) atoms. The van der Waals surface area contributed by atoms with Crippen LogP contribution in [0.5, 0.6) is 0 Å². The van der Waals surface area contributed by atoms with Crippen LogP contribution in [0.15, 0.2) is 18.2 Å². The zero-order valence-corrected chi connectivity index (χ0v) is 16.2. The molecule has 0 spiro atoms. The normalized spacial score (nSPS) is 19.4. The smallest absolute Gasteiger partial charge is 0.414 e. The number of urea groups is 1. The van der Waals surface area contributed by atoms with Crippen molar-refractivity contribution in [2.24, 2.45) is 0 Å². The van der Waals surface area contributed by atoms with Crippen LogP contribution in [0.3, 0.4) is 0 Å². The minimum atomic E-state index is -0.348. The van der Waals surface area contributed by atoms with Crippen LogP contribution in [-0.2, 0) is 15.9 Å². The molecular formula is C20H29N3O4. The van der Waals surface area contributed by atoms with E-state index in [9.17, 15) is 9.59 Å². The third-order valence-corrected chi connectivity index (χ3v) is 5.07. The minimum absolute atomic E-state index is 0.0969. The number of amides is 3. The molecular weight excluding hydrogens is 346 g/mol. The monoisotopic (exact) mass is 375 g/mol. The first kappa shape index (κ1) is 19.5. The number of methoxy groups -OCH3 is 1. The Morgan fingerprint density at radius 1 is 1.26 bits per heavy atom. The van der Waals surface area contributed by atoms with Crippen molar-refractivity contribution in [3.8, 4) is 0 Å². The van der Waals surface area contributed by atoms with Crippen molar-refractivity contribution in [1.82, 2.24) is 4.90 Å². The van der Waals surface area contributed by atoms with Crippen LogP contribution >= 0.6 is 0 Å². The van der Waals surface area contributed by atoms with Gasteiger partial charge in [0.05, 0.1) is 18.9 Å². The fraction of sp³-hybridized carbons (Fsp3) is 0.600. The molecule has 1 aromatic rings. The summed E-state index contributed by atoms with van der Waals surface area (Å²) >= 11 is 0. The Hall–Kier alpha value is -2.28. The highest BCUT2D eigenvalue weighted by Gasteiger charge is 2.26. The van der Waals surface area contributed by atoms with Crippen LogP contribution < -0.4 is 10.2 Å². The largest absolute Gasteiger partial charge is 0.452 e. The molecule has 1 N–H and O–H groups in total. The summed E-state index contributed by atoms with van der Waals surface area (Å²) in [7, 11) is 1.39. The van der Waals surface area contributed by atoms with Crippen molar-refractivity contribution in [3.05, 3.63) is 23.8 Å². The second-order valence-corrected chi connectivity index (χ2v) is 7.08. The third kappa shape index (κ3) is 4.71. The quantitative estimate of drug-likeness (QED) is 0.872. The molecule has 0 saturated carbocycles. The van der Waals surface area contributed by atoms with Gasteiger partial charge in [-0.25, -0.2) is 9.59 Å². The molecule has 0 aromatic heterocycles. The van der Waals surface area contributed by atoms with E-state index in [1.165, 1.54) is 7.11 Å². The van der Waals surface area contributed by atoms with Gasteiger partial charge in [0.1, 0.15) is 0 Å². The van der Waals surface area contributed by atoms with Gasteiger partial charge < -0.3 is 19.7 Å². The predicted molar refractivity (Wildman–Crippen MR) is 104 cm³/mol. The average Bonchev–Trinajstić information content (AvgIpc) is 2.71. The number of anilines is 2. The molecule has 1 saturated heterocycles. The van der Waals surface area contributed by atoms with E-state index < -0.39 is 0 Å². The fourth-order valence-corrected chi connectivity index (χ4v) is 3.72. The lowest BCUT2D eigenvalue weighted by Gasteiger charge is -2.33. The topological polar surface area (TPSA) is 71.1 Å². The number of ether oxygens (including phenoxy) is 2. The highest BCUT2D eigenvalue weighted by Crippen LogP contribution is 2.30. The SMILES string of the molecule is CCCO[C@@H]1CCCN(C(=O)Nc2ccc3c(c2)CCCN3C(=O)OC)C1. The summed E-state index contributed by atoms with van der Waals surface area (Å²) in [5, 5.41) is 2.99. The summed E-state index contributed by atoms with van der Waals surface area (Å²) in [5.41, 5.74) is 2.66. The first-order chi connectivity index (χ1) is 13.1. The lowest BCUT2D eigenvalue weighted by molar-refractivity contribution is 0.0115. The standard InChI is InChI=1S/C20H29N3O4/c1-3-12-27-17-7-5-10-22(14-17)19(24)21-16-8-9-18-15(13-16)6-4-11-23(18)20(25)26-2/h8-9,13,17H,3-7,10-12,14H2,1-2H3,(H,21,24)/t17-/m1/s1. The van der Waals surface area contributed by atoms with Crippen LogP contribution in [-0.4, -0.2) is 56.5 Å². The van der Waals surface area contributed by atoms with Crippen LogP contribution in [0.25, 0.3) is 0 Å². The number of carbonyl (C=O) groups is 2. The van der Waals surface area contributed by atoms with Crippen molar-refractivity contribution >= 4 is 23.5 Å². The fourth-order valence-electron chi connectivity index (χ4n) is 3.72. The molecule has 2 heterocycles. The van der Waals surface area contributed by atoms with Gasteiger partial charge in [0.15, 0.2) is 0 Å². The maximum Gasteiger partial charge on any atom is 0.414 e. The third-order valence-electron chi connectivity index (χ3n) is 5.07. The van der Waals surface area contributed by atoms with Gasteiger partial charge >= 0.3 is 12.1 Å². The van der Waals surface area contributed by atoms with E-state index in [1.54, 1.807) is 4.90 Å². The molecule has 0 unspecified atom stereocenters. The van der Waals surface area contributed by atoms with Crippen molar-refractivity contribution in [2.45, 2.75) is 45.1 Å². The first-order valence-corrected chi connectivity index (χ1v) is 9.78. The molecule has 1 atom stereocenters. The van der Waals surface area contributed by atoms with Gasteiger partial charge in [0.2, 0.25) is 0 Å². The van der Waals surface area contributed by atoms with Crippen LogP contribution in [0.2, 0.25) is 0 Å². The molecule has 1 aromatic carbocycles. The Morgan fingerprint density at radius 3 is 2.89 bits per heavy atom. The highest BCUT2D eigenvalue weighted by atomic mass is 16.5. The zero-order valence-electron chi connectivity index (χ0n) is 16.2. The Morgan fingerprint density at radius 2 is 2.11 bits per heavy atom. The molecule has 148 valence electrons. The highest BCUT2D eigenvalue weighted by molar-refractivity contribution is 5.92. The molecule has 7 nitrogen and oxygen atoms in total. The maximum absolute atomic E-state index is 12.6. The molecule has 1 fully saturated rings. The Labute approximate surface area is 160 Å². The summed E-state index contributed by atoms with van der Waals surface area (Å²) in [4.78, 5) is 28.0. The Bertz CT molecular complexity index is 679. The minimum Gasteiger partial charge on any atom is -0.452 e. The second-order valence-electron chi connectivity index (χ2n) is 7.08. The molecule has 2 aliphatic heterocycles. The van der Waals surface area contributed by atoms with Crippen molar-refractivity contribution in [1.29, 1.82) is 0 Å². The van der Waals surface area contributed by atoms with E-state index in [2.05, 4.69) is 12.2 Å². The van der Waals surface area contributed by atoms with E-state index in [4.69, 9.17) is 9.47 Å². The maximum atomic E-state index is 12.6. The summed E-state index contributed by atoms with van der Waals surface area (Å²) in [6, 6.07) is 5.58. The lowest BCUT2D eigenvalue weighted by atomic mass is 10.0. The van der Waals surface area contributed by atoms with Crippen LogP contribution in [0.1, 0.15) is 38.2 Å². The number of carbonyl (C=O) groups excluding carboxylic acids is 2. The molecule has 3 rings (SSSR count). The van der Waals surface area contributed by atoms with Gasteiger partial charge in [-0.1, -0.05) is 6.92 Å². The van der Waals surface area contributed by atoms with Crippen LogP contribution in [0, 0.1) is 0 Å². The van der Waals surface area contributed by atoms with Gasteiger partial charge in [-0.3, -0.25) is 4.90 Å². The molecule has 7 heteroatoms. The van der Waals surface area contributed by atoms with E-state index in [0.717, 1.165) is 62.2 Å². The molecule has 0 radical (unpaired) electrons. The molecule has 3 amide bonds. The summed E-state index contributed by atoms with van der Waals surface area (Å²) in [6.45, 7) is 4.86. The summed E-state index contributed by atoms with van der Waals surface area (Å²) in [6.07, 6.45) is 4.48.